The van der Waals surface area contributed by atoms with Crippen molar-refractivity contribution in [1.29, 1.82) is 0 Å². The van der Waals surface area contributed by atoms with Crippen molar-refractivity contribution < 1.29 is 64.6 Å². The van der Waals surface area contributed by atoms with Crippen LogP contribution in [0.25, 0.3) is 0 Å². The zero-order chi connectivity index (χ0) is 60.2. The van der Waals surface area contributed by atoms with Gasteiger partial charge in [-0.2, -0.15) is 0 Å². The van der Waals surface area contributed by atoms with Crippen LogP contribution in [0.4, 0.5) is 0 Å². The van der Waals surface area contributed by atoms with Crippen LogP contribution < -0.4 is 5.32 Å². The van der Waals surface area contributed by atoms with Gasteiger partial charge in [0.2, 0.25) is 5.91 Å². The summed E-state index contributed by atoms with van der Waals surface area (Å²) in [6.45, 7) is 2.76. The smallest absolute Gasteiger partial charge is 0.220 e. The average molecular weight is 1180 g/mol. The number of allylic oxidation sites excluding steroid dienone is 9. The van der Waals surface area contributed by atoms with Crippen molar-refractivity contribution in [2.45, 2.75) is 351 Å². The molecule has 2 aliphatic rings. The Morgan fingerprint density at radius 1 is 0.434 bits per heavy atom. The zero-order valence-electron chi connectivity index (χ0n) is 52.4. The number of aliphatic hydroxyl groups is 8. The second-order valence-electron chi connectivity index (χ2n) is 23.9. The Kier molecular flexibility index (Phi) is 49.9. The van der Waals surface area contributed by atoms with Crippen molar-refractivity contribution in [2.24, 2.45) is 0 Å². The van der Waals surface area contributed by atoms with Crippen molar-refractivity contribution in [3.63, 3.8) is 0 Å². The highest BCUT2D eigenvalue weighted by Crippen LogP contribution is 2.30. The van der Waals surface area contributed by atoms with Crippen LogP contribution in [-0.4, -0.2) is 140 Å². The summed E-state index contributed by atoms with van der Waals surface area (Å²) >= 11 is 0. The third-order valence-corrected chi connectivity index (χ3v) is 16.4. The lowest BCUT2D eigenvalue weighted by atomic mass is 9.97. The molecule has 2 aliphatic heterocycles. The molecule has 14 nitrogen and oxygen atoms in total. The van der Waals surface area contributed by atoms with E-state index in [0.717, 1.165) is 64.2 Å². The van der Waals surface area contributed by atoms with Gasteiger partial charge in [0.05, 0.1) is 32.0 Å². The van der Waals surface area contributed by atoms with E-state index in [1.54, 1.807) is 6.08 Å². The van der Waals surface area contributed by atoms with Crippen molar-refractivity contribution >= 4 is 5.91 Å². The quantitative estimate of drug-likeness (QED) is 0.0204. The molecular weight excluding hydrogens is 1050 g/mol. The number of rotatable bonds is 55. The fraction of sp³-hybridized carbons (Fsp3) is 0.841. The van der Waals surface area contributed by atoms with E-state index in [1.807, 2.05) is 6.08 Å². The standard InChI is InChI=1S/C69H125NO13/c1-3-5-7-9-11-13-15-17-19-21-22-23-24-25-26-27-28-29-30-31-32-33-34-35-37-38-40-42-44-46-48-50-52-58(73)57(70-61(74)53-51-49-47-45-43-41-39-36-20-18-16-14-12-10-8-6-4-2)56-80-68-66(79)64(77)67(60(55-72)82-68)83-69-65(78)63(76)62(75)59(54-71)81-69/h12,14,18,20,35,37,42,44,50,52,57-60,62-69,71-73,75-79H,3-11,13,15-17,19,21-34,36,38-41,43,45-49,51,53-56H2,1-2H3,(H,70,74)/b14-12-,20-18-,37-35+,44-42+,52-50+. The maximum atomic E-state index is 13.3. The van der Waals surface area contributed by atoms with E-state index in [4.69, 9.17) is 18.9 Å². The predicted octanol–water partition coefficient (Wildman–Crippen LogP) is 13.3. The van der Waals surface area contributed by atoms with Crippen LogP contribution in [-0.2, 0) is 23.7 Å². The van der Waals surface area contributed by atoms with Crippen molar-refractivity contribution in [2.75, 3.05) is 19.8 Å². The summed E-state index contributed by atoms with van der Waals surface area (Å²) in [5, 5.41) is 87.2. The molecule has 14 heteroatoms. The van der Waals surface area contributed by atoms with E-state index in [0.29, 0.717) is 12.8 Å². The Morgan fingerprint density at radius 2 is 0.807 bits per heavy atom. The van der Waals surface area contributed by atoms with Gasteiger partial charge >= 0.3 is 0 Å². The molecule has 12 atom stereocenters. The molecule has 0 aromatic heterocycles. The molecule has 2 saturated heterocycles. The van der Waals surface area contributed by atoms with Gasteiger partial charge in [0.15, 0.2) is 12.6 Å². The van der Waals surface area contributed by atoms with Crippen molar-refractivity contribution in [3.05, 3.63) is 60.8 Å². The topological polar surface area (TPSA) is 228 Å². The van der Waals surface area contributed by atoms with Crippen LogP contribution in [0.1, 0.15) is 277 Å². The normalized spacial score (nSPS) is 24.2. The first-order valence-corrected chi connectivity index (χ1v) is 34.0. The molecule has 12 unspecified atom stereocenters. The number of unbranched alkanes of at least 4 members (excludes halogenated alkanes) is 34. The third-order valence-electron chi connectivity index (χ3n) is 16.4. The Hall–Kier alpha value is -2.31. The van der Waals surface area contributed by atoms with E-state index in [9.17, 15) is 45.6 Å². The van der Waals surface area contributed by atoms with Crippen LogP contribution in [0.3, 0.4) is 0 Å². The number of ether oxygens (including phenoxy) is 4. The number of amides is 1. The highest BCUT2D eigenvalue weighted by molar-refractivity contribution is 5.76. The first-order valence-electron chi connectivity index (χ1n) is 34.0. The van der Waals surface area contributed by atoms with Gasteiger partial charge < -0.3 is 65.1 Å². The Labute approximate surface area is 505 Å². The maximum absolute atomic E-state index is 13.3. The fourth-order valence-electron chi connectivity index (χ4n) is 10.9. The predicted molar refractivity (Wildman–Crippen MR) is 337 cm³/mol. The van der Waals surface area contributed by atoms with Gasteiger partial charge in [0.1, 0.15) is 48.8 Å². The molecule has 2 heterocycles. The highest BCUT2D eigenvalue weighted by Gasteiger charge is 2.51. The van der Waals surface area contributed by atoms with E-state index >= 15 is 0 Å². The van der Waals surface area contributed by atoms with Crippen LogP contribution in [0.5, 0.6) is 0 Å². The Morgan fingerprint density at radius 3 is 1.28 bits per heavy atom. The van der Waals surface area contributed by atoms with Crippen LogP contribution in [0, 0.1) is 0 Å². The lowest BCUT2D eigenvalue weighted by Crippen LogP contribution is -2.65. The molecule has 1 amide bonds. The van der Waals surface area contributed by atoms with Gasteiger partial charge in [-0.15, -0.1) is 0 Å². The summed E-state index contributed by atoms with van der Waals surface area (Å²) in [5.41, 5.74) is 0. The SMILES string of the molecule is CCCCC/C=C\C/C=C\CCCCCCCCCC(=O)NC(COC1OC(CO)C(OC2OC(CO)C(O)C(O)C2O)C(O)C1O)C(O)/C=C/CC/C=C/CC/C=C/CCCCCCCCCCCCCCCCCCCCCCCC. The highest BCUT2D eigenvalue weighted by atomic mass is 16.7. The Bertz CT molecular complexity index is 1620. The molecule has 0 aromatic carbocycles. The van der Waals surface area contributed by atoms with E-state index in [1.165, 1.54) is 180 Å². The van der Waals surface area contributed by atoms with Gasteiger partial charge in [0, 0.05) is 6.42 Å². The molecule has 0 spiro atoms. The van der Waals surface area contributed by atoms with Crippen molar-refractivity contribution in [1.82, 2.24) is 5.32 Å². The lowest BCUT2D eigenvalue weighted by molar-refractivity contribution is -0.359. The van der Waals surface area contributed by atoms with Gasteiger partial charge in [0.25, 0.3) is 0 Å². The Balaban J connectivity index is 1.70. The minimum Gasteiger partial charge on any atom is -0.394 e. The molecule has 0 radical (unpaired) electrons. The number of hydrogen-bond acceptors (Lipinski definition) is 13. The first kappa shape index (κ1) is 76.8. The average Bonchev–Trinajstić information content (AvgIpc) is 3.65. The third kappa shape index (κ3) is 38.6. The second kappa shape index (κ2) is 53.9. The largest absolute Gasteiger partial charge is 0.394 e. The number of carbonyl (C=O) groups is 1. The van der Waals surface area contributed by atoms with Gasteiger partial charge in [-0.05, 0) is 77.0 Å². The van der Waals surface area contributed by atoms with E-state index in [-0.39, 0.29) is 18.9 Å². The number of aliphatic hydroxyl groups excluding tert-OH is 8. The van der Waals surface area contributed by atoms with E-state index in [2.05, 4.69) is 67.8 Å². The molecule has 2 fully saturated rings. The minimum atomic E-state index is -1.80. The molecule has 0 aliphatic carbocycles. The molecule has 83 heavy (non-hydrogen) atoms. The van der Waals surface area contributed by atoms with Gasteiger partial charge in [-0.3, -0.25) is 4.79 Å². The van der Waals surface area contributed by atoms with Crippen LogP contribution in [0.2, 0.25) is 0 Å². The molecule has 2 rings (SSSR count). The molecule has 484 valence electrons. The summed E-state index contributed by atoms with van der Waals surface area (Å²) in [6.07, 6.45) is 54.3. The molecule has 9 N–H and O–H groups in total. The zero-order valence-corrected chi connectivity index (χ0v) is 52.4. The number of hydrogen-bond donors (Lipinski definition) is 9. The van der Waals surface area contributed by atoms with E-state index < -0.39 is 86.8 Å². The summed E-state index contributed by atoms with van der Waals surface area (Å²) in [5.74, 6) is -0.261. The summed E-state index contributed by atoms with van der Waals surface area (Å²) in [4.78, 5) is 13.3. The van der Waals surface area contributed by atoms with Gasteiger partial charge in [-0.25, -0.2) is 0 Å². The molecular formula is C69H125NO13. The van der Waals surface area contributed by atoms with Crippen LogP contribution >= 0.6 is 0 Å². The van der Waals surface area contributed by atoms with Crippen molar-refractivity contribution in [3.8, 4) is 0 Å². The molecule has 0 bridgehead atoms. The summed E-state index contributed by atoms with van der Waals surface area (Å²) in [7, 11) is 0. The minimum absolute atomic E-state index is 0.259. The summed E-state index contributed by atoms with van der Waals surface area (Å²) < 4.78 is 22.8. The monoisotopic (exact) mass is 1180 g/mol. The lowest BCUT2D eigenvalue weighted by Gasteiger charge is -2.46. The maximum Gasteiger partial charge on any atom is 0.220 e. The van der Waals surface area contributed by atoms with Crippen LogP contribution in [0.15, 0.2) is 60.8 Å². The number of carbonyl (C=O) groups excluding carboxylic acids is 1. The van der Waals surface area contributed by atoms with Gasteiger partial charge in [-0.1, -0.05) is 254 Å². The number of nitrogens with one attached hydrogen (secondary N) is 1. The fourth-order valence-corrected chi connectivity index (χ4v) is 10.9. The molecule has 0 saturated carbocycles. The first-order chi connectivity index (χ1) is 40.6. The second-order valence-corrected chi connectivity index (χ2v) is 23.9. The summed E-state index contributed by atoms with van der Waals surface area (Å²) in [6, 6.07) is -0.945. The molecule has 0 aromatic rings.